The van der Waals surface area contributed by atoms with Crippen molar-refractivity contribution in [1.82, 2.24) is 10.2 Å². The second-order valence-electron chi connectivity index (χ2n) is 6.01. The number of nitrogens with one attached hydrogen (secondary N) is 1. The molecule has 1 aliphatic heterocycles. The van der Waals surface area contributed by atoms with E-state index in [0.29, 0.717) is 24.3 Å². The van der Waals surface area contributed by atoms with Crippen LogP contribution in [0.3, 0.4) is 0 Å². The highest BCUT2D eigenvalue weighted by molar-refractivity contribution is 7.08. The number of para-hydroxylation sites is 1. The van der Waals surface area contributed by atoms with E-state index in [-0.39, 0.29) is 17.9 Å². The van der Waals surface area contributed by atoms with Crippen LogP contribution in [0.25, 0.3) is 0 Å². The Morgan fingerprint density at radius 1 is 1.32 bits per heavy atom. The van der Waals surface area contributed by atoms with Crippen LogP contribution >= 0.6 is 11.3 Å². The van der Waals surface area contributed by atoms with Crippen LogP contribution in [0.5, 0.6) is 5.75 Å². The lowest BCUT2D eigenvalue weighted by molar-refractivity contribution is -0.132. The second-order valence-corrected chi connectivity index (χ2v) is 6.79. The normalized spacial score (nSPS) is 16.7. The first-order valence-electron chi connectivity index (χ1n) is 8.43. The molecular formula is C19H22N2O3S. The molecule has 1 saturated heterocycles. The minimum absolute atomic E-state index is 0.0917. The third-order valence-electron chi connectivity index (χ3n) is 4.48. The molecule has 0 spiro atoms. The molecule has 0 aliphatic carbocycles. The molecule has 2 amide bonds. The highest BCUT2D eigenvalue weighted by atomic mass is 32.1. The molecule has 1 aromatic heterocycles. The molecule has 0 radical (unpaired) electrons. The van der Waals surface area contributed by atoms with Crippen LogP contribution in [-0.4, -0.2) is 36.9 Å². The Morgan fingerprint density at radius 3 is 2.92 bits per heavy atom. The number of amides is 2. The van der Waals surface area contributed by atoms with E-state index in [1.807, 2.05) is 16.3 Å². The molecule has 6 heteroatoms. The van der Waals surface area contributed by atoms with Crippen LogP contribution in [0.15, 0.2) is 41.1 Å². The van der Waals surface area contributed by atoms with E-state index in [0.717, 1.165) is 19.4 Å². The SMILES string of the molecule is COc1ccccc1C(=O)NCCC(=O)N1CCCC1c1ccsc1. The van der Waals surface area contributed by atoms with E-state index in [1.54, 1.807) is 29.5 Å². The van der Waals surface area contributed by atoms with E-state index in [1.165, 1.54) is 12.7 Å². The van der Waals surface area contributed by atoms with Crippen molar-refractivity contribution < 1.29 is 14.3 Å². The quantitative estimate of drug-likeness (QED) is 0.862. The number of benzene rings is 1. The molecule has 1 unspecified atom stereocenters. The van der Waals surface area contributed by atoms with Crippen molar-refractivity contribution in [3.8, 4) is 5.75 Å². The van der Waals surface area contributed by atoms with E-state index in [2.05, 4.69) is 16.8 Å². The zero-order valence-electron chi connectivity index (χ0n) is 14.2. The minimum atomic E-state index is -0.221. The molecule has 1 N–H and O–H groups in total. The largest absolute Gasteiger partial charge is 0.496 e. The van der Waals surface area contributed by atoms with E-state index in [9.17, 15) is 9.59 Å². The Hall–Kier alpha value is -2.34. The minimum Gasteiger partial charge on any atom is -0.496 e. The molecule has 0 bridgehead atoms. The van der Waals surface area contributed by atoms with Crippen molar-refractivity contribution in [2.24, 2.45) is 0 Å². The van der Waals surface area contributed by atoms with Crippen molar-refractivity contribution in [3.05, 3.63) is 52.2 Å². The van der Waals surface area contributed by atoms with Gasteiger partial charge in [0.2, 0.25) is 5.91 Å². The molecule has 5 nitrogen and oxygen atoms in total. The Labute approximate surface area is 151 Å². The summed E-state index contributed by atoms with van der Waals surface area (Å²) in [6.45, 7) is 1.11. The summed E-state index contributed by atoms with van der Waals surface area (Å²) >= 11 is 1.66. The van der Waals surface area contributed by atoms with E-state index >= 15 is 0 Å². The van der Waals surface area contributed by atoms with Crippen molar-refractivity contribution in [3.63, 3.8) is 0 Å². The molecule has 2 heterocycles. The van der Waals surface area contributed by atoms with Crippen LogP contribution in [0.2, 0.25) is 0 Å². The number of thiophene rings is 1. The number of nitrogens with zero attached hydrogens (tertiary/aromatic N) is 1. The molecule has 3 rings (SSSR count). The summed E-state index contributed by atoms with van der Waals surface area (Å²) in [6, 6.07) is 9.34. The smallest absolute Gasteiger partial charge is 0.255 e. The first kappa shape index (κ1) is 17.5. The summed E-state index contributed by atoms with van der Waals surface area (Å²) in [4.78, 5) is 26.8. The number of carbonyl (C=O) groups excluding carboxylic acids is 2. The van der Waals surface area contributed by atoms with Gasteiger partial charge in [-0.15, -0.1) is 0 Å². The summed E-state index contributed by atoms with van der Waals surface area (Å²) in [5, 5.41) is 6.97. The summed E-state index contributed by atoms with van der Waals surface area (Å²) < 4.78 is 5.20. The van der Waals surface area contributed by atoms with Crippen molar-refractivity contribution in [2.45, 2.75) is 25.3 Å². The van der Waals surface area contributed by atoms with Gasteiger partial charge in [-0.25, -0.2) is 0 Å². The molecule has 0 saturated carbocycles. The Kier molecular flexibility index (Phi) is 5.71. The van der Waals surface area contributed by atoms with Crippen LogP contribution in [0.4, 0.5) is 0 Å². The van der Waals surface area contributed by atoms with Gasteiger partial charge in [-0.3, -0.25) is 9.59 Å². The van der Waals surface area contributed by atoms with Crippen molar-refractivity contribution in [1.29, 1.82) is 0 Å². The molecule has 1 atom stereocenters. The van der Waals surface area contributed by atoms with Gasteiger partial charge in [-0.2, -0.15) is 11.3 Å². The summed E-state index contributed by atoms with van der Waals surface area (Å²) in [7, 11) is 1.54. The molecule has 2 aromatic rings. The molecule has 1 aliphatic rings. The second kappa shape index (κ2) is 8.16. The fraction of sp³-hybridized carbons (Fsp3) is 0.368. The summed E-state index contributed by atoms with van der Waals surface area (Å²) in [5.74, 6) is 0.401. The number of likely N-dealkylation sites (tertiary alicyclic amines) is 1. The van der Waals surface area contributed by atoms with Gasteiger partial charge in [0.15, 0.2) is 0 Å². The lowest BCUT2D eigenvalue weighted by atomic mass is 10.1. The number of rotatable bonds is 6. The number of ether oxygens (including phenoxy) is 1. The summed E-state index contributed by atoms with van der Waals surface area (Å²) in [6.07, 6.45) is 2.34. The van der Waals surface area contributed by atoms with Crippen LogP contribution in [-0.2, 0) is 4.79 Å². The first-order valence-corrected chi connectivity index (χ1v) is 9.37. The number of carbonyl (C=O) groups is 2. The Bertz CT molecular complexity index is 730. The number of hydrogen-bond donors (Lipinski definition) is 1. The summed E-state index contributed by atoms with van der Waals surface area (Å²) in [5.41, 5.74) is 1.70. The van der Waals surface area contributed by atoms with Gasteiger partial charge in [0.1, 0.15) is 5.75 Å². The maximum atomic E-state index is 12.5. The molecule has 1 fully saturated rings. The highest BCUT2D eigenvalue weighted by Crippen LogP contribution is 2.33. The fourth-order valence-electron chi connectivity index (χ4n) is 3.23. The maximum absolute atomic E-state index is 12.5. The fourth-order valence-corrected chi connectivity index (χ4v) is 3.94. The maximum Gasteiger partial charge on any atom is 0.255 e. The van der Waals surface area contributed by atoms with Crippen LogP contribution in [0.1, 0.15) is 41.2 Å². The van der Waals surface area contributed by atoms with Gasteiger partial charge < -0.3 is 15.0 Å². The van der Waals surface area contributed by atoms with Gasteiger partial charge in [-0.05, 0) is 47.4 Å². The molecule has 25 heavy (non-hydrogen) atoms. The zero-order valence-corrected chi connectivity index (χ0v) is 15.1. The van der Waals surface area contributed by atoms with Gasteiger partial charge in [0.25, 0.3) is 5.91 Å². The van der Waals surface area contributed by atoms with Crippen molar-refractivity contribution >= 4 is 23.2 Å². The Balaban J connectivity index is 1.53. The third-order valence-corrected chi connectivity index (χ3v) is 5.18. The lowest BCUT2D eigenvalue weighted by Crippen LogP contribution is -2.34. The van der Waals surface area contributed by atoms with E-state index < -0.39 is 0 Å². The molecular weight excluding hydrogens is 336 g/mol. The van der Waals surface area contributed by atoms with Gasteiger partial charge in [0.05, 0.1) is 18.7 Å². The monoisotopic (exact) mass is 358 g/mol. The standard InChI is InChI=1S/C19H22N2O3S/c1-24-17-7-3-2-5-15(17)19(23)20-10-8-18(22)21-11-4-6-16(21)14-9-12-25-13-14/h2-3,5,7,9,12-13,16H,4,6,8,10-11H2,1H3,(H,20,23). The lowest BCUT2D eigenvalue weighted by Gasteiger charge is -2.24. The van der Waals surface area contributed by atoms with Gasteiger partial charge >= 0.3 is 0 Å². The predicted molar refractivity (Wildman–Crippen MR) is 98.0 cm³/mol. The third kappa shape index (κ3) is 4.02. The predicted octanol–water partition coefficient (Wildman–Crippen LogP) is 3.24. The average Bonchev–Trinajstić information content (AvgIpc) is 3.32. The van der Waals surface area contributed by atoms with Crippen LogP contribution < -0.4 is 10.1 Å². The average molecular weight is 358 g/mol. The first-order chi connectivity index (χ1) is 12.2. The van der Waals surface area contributed by atoms with Gasteiger partial charge in [0, 0.05) is 19.5 Å². The van der Waals surface area contributed by atoms with E-state index in [4.69, 9.17) is 4.74 Å². The zero-order chi connectivity index (χ0) is 17.6. The van der Waals surface area contributed by atoms with Crippen LogP contribution in [0, 0.1) is 0 Å². The number of hydrogen-bond acceptors (Lipinski definition) is 4. The molecule has 1 aromatic carbocycles. The molecule has 132 valence electrons. The highest BCUT2D eigenvalue weighted by Gasteiger charge is 2.29. The topological polar surface area (TPSA) is 58.6 Å². The number of methoxy groups -OCH3 is 1. The Morgan fingerprint density at radius 2 is 2.16 bits per heavy atom. The van der Waals surface area contributed by atoms with Crippen molar-refractivity contribution in [2.75, 3.05) is 20.2 Å². The van der Waals surface area contributed by atoms with Gasteiger partial charge in [-0.1, -0.05) is 12.1 Å².